The molecule has 0 aromatic rings. The van der Waals surface area contributed by atoms with Crippen LogP contribution in [-0.4, -0.2) is 39.8 Å². The fourth-order valence-electron chi connectivity index (χ4n) is 4.03. The lowest BCUT2D eigenvalue weighted by molar-refractivity contribution is -0.152. The van der Waals surface area contributed by atoms with Crippen LogP contribution >= 0.6 is 11.8 Å². The number of imide groups is 2. The molecule has 3 fully saturated rings. The summed E-state index contributed by atoms with van der Waals surface area (Å²) in [6.45, 7) is 2.10. The maximum atomic E-state index is 12.9. The second-order valence-corrected chi connectivity index (χ2v) is 7.73. The third kappa shape index (κ3) is 2.28. The van der Waals surface area contributed by atoms with Crippen molar-refractivity contribution in [2.45, 2.75) is 63.2 Å². The van der Waals surface area contributed by atoms with Crippen LogP contribution in [0, 0.1) is 5.41 Å². The largest absolute Gasteiger partial charge is 0.331 e. The first-order valence-electron chi connectivity index (χ1n) is 7.91. The average Bonchev–Trinajstić information content (AvgIpc) is 3.08. The van der Waals surface area contributed by atoms with Gasteiger partial charge in [0.2, 0.25) is 11.8 Å². The fraction of sp³-hybridized carbons (Fsp3) is 0.800. The van der Waals surface area contributed by atoms with Gasteiger partial charge in [-0.15, -0.1) is 0 Å². The summed E-state index contributed by atoms with van der Waals surface area (Å²) in [4.78, 5) is 38.8. The molecule has 0 bridgehead atoms. The van der Waals surface area contributed by atoms with E-state index in [0.29, 0.717) is 18.1 Å². The van der Waals surface area contributed by atoms with Crippen LogP contribution in [0.4, 0.5) is 4.79 Å². The summed E-state index contributed by atoms with van der Waals surface area (Å²) in [6, 6.07) is -0.552. The number of rotatable bonds is 3. The number of urea groups is 1. The van der Waals surface area contributed by atoms with Crippen molar-refractivity contribution in [3.8, 4) is 0 Å². The molecule has 1 spiro atoms. The summed E-state index contributed by atoms with van der Waals surface area (Å²) >= 11 is 1.82. The van der Waals surface area contributed by atoms with Gasteiger partial charge in [-0.2, -0.15) is 11.8 Å². The second-order valence-electron chi connectivity index (χ2n) is 6.22. The highest BCUT2D eigenvalue weighted by atomic mass is 32.2. The lowest BCUT2D eigenvalue weighted by Gasteiger charge is -2.41. The van der Waals surface area contributed by atoms with Crippen LogP contribution < -0.4 is 5.32 Å². The van der Waals surface area contributed by atoms with Gasteiger partial charge in [0.25, 0.3) is 0 Å². The van der Waals surface area contributed by atoms with Crippen molar-refractivity contribution in [3.63, 3.8) is 0 Å². The first kappa shape index (κ1) is 14.9. The van der Waals surface area contributed by atoms with Crippen molar-refractivity contribution in [1.82, 2.24) is 10.2 Å². The van der Waals surface area contributed by atoms with Crippen LogP contribution in [0.5, 0.6) is 0 Å². The van der Waals surface area contributed by atoms with Gasteiger partial charge < -0.3 is 0 Å². The van der Waals surface area contributed by atoms with Gasteiger partial charge in [0.05, 0.1) is 6.04 Å². The Morgan fingerprint density at radius 2 is 1.90 bits per heavy atom. The van der Waals surface area contributed by atoms with E-state index in [1.54, 1.807) is 0 Å². The van der Waals surface area contributed by atoms with Crippen LogP contribution in [0.1, 0.15) is 51.9 Å². The van der Waals surface area contributed by atoms with Crippen molar-refractivity contribution in [2.75, 3.05) is 5.75 Å². The molecular formula is C15H22N2O3S. The first-order chi connectivity index (χ1) is 10.1. The van der Waals surface area contributed by atoms with Gasteiger partial charge in [0, 0.05) is 5.25 Å². The zero-order chi connectivity index (χ0) is 15.0. The molecule has 0 radical (unpaired) electrons. The predicted molar refractivity (Wildman–Crippen MR) is 80.8 cm³/mol. The number of amides is 4. The molecule has 5 nitrogen and oxygen atoms in total. The predicted octanol–water partition coefficient (Wildman–Crippen LogP) is 2.30. The van der Waals surface area contributed by atoms with Crippen molar-refractivity contribution in [2.24, 2.45) is 5.41 Å². The van der Waals surface area contributed by atoms with Crippen LogP contribution in [0.2, 0.25) is 0 Å². The molecular weight excluding hydrogens is 288 g/mol. The molecule has 6 heteroatoms. The quantitative estimate of drug-likeness (QED) is 0.812. The monoisotopic (exact) mass is 310 g/mol. The molecule has 2 atom stereocenters. The number of nitrogens with one attached hydrogen (secondary N) is 1. The van der Waals surface area contributed by atoms with Crippen molar-refractivity contribution in [1.29, 1.82) is 0 Å². The molecule has 3 aliphatic rings. The number of nitrogens with zero attached hydrogens (tertiary/aromatic N) is 1. The highest BCUT2D eigenvalue weighted by Gasteiger charge is 2.57. The maximum absolute atomic E-state index is 12.9. The Hall–Kier alpha value is -1.04. The molecule has 2 aliphatic carbocycles. The van der Waals surface area contributed by atoms with Gasteiger partial charge in [-0.05, 0) is 31.4 Å². The summed E-state index contributed by atoms with van der Waals surface area (Å²) < 4.78 is 0. The summed E-state index contributed by atoms with van der Waals surface area (Å²) in [6.07, 6.45) is 5.89. The minimum absolute atomic E-state index is 0.0481. The van der Waals surface area contributed by atoms with Gasteiger partial charge in [0.15, 0.2) is 0 Å². The van der Waals surface area contributed by atoms with Gasteiger partial charge in [0.1, 0.15) is 5.41 Å². The van der Waals surface area contributed by atoms with Crippen molar-refractivity contribution < 1.29 is 14.4 Å². The van der Waals surface area contributed by atoms with Gasteiger partial charge in [-0.25, -0.2) is 4.79 Å². The molecule has 1 saturated heterocycles. The summed E-state index contributed by atoms with van der Waals surface area (Å²) in [5.74, 6) is 0.376. The molecule has 3 rings (SSSR count). The van der Waals surface area contributed by atoms with Crippen LogP contribution in [0.3, 0.4) is 0 Å². The fourth-order valence-corrected chi connectivity index (χ4v) is 5.27. The molecule has 0 aromatic heterocycles. The lowest BCUT2D eigenvalue weighted by atomic mass is 9.81. The number of barbiturate groups is 1. The highest BCUT2D eigenvalue weighted by molar-refractivity contribution is 7.99. The normalized spacial score (nSPS) is 32.0. The summed E-state index contributed by atoms with van der Waals surface area (Å²) in [7, 11) is 0. The Bertz CT molecular complexity index is 474. The van der Waals surface area contributed by atoms with Gasteiger partial charge >= 0.3 is 6.03 Å². The second kappa shape index (κ2) is 5.63. The van der Waals surface area contributed by atoms with E-state index >= 15 is 0 Å². The zero-order valence-electron chi connectivity index (χ0n) is 12.4. The molecule has 116 valence electrons. The van der Waals surface area contributed by atoms with Crippen molar-refractivity contribution in [3.05, 3.63) is 0 Å². The highest BCUT2D eigenvalue weighted by Crippen LogP contribution is 2.44. The van der Waals surface area contributed by atoms with Crippen LogP contribution in [0.25, 0.3) is 0 Å². The molecule has 1 aliphatic heterocycles. The van der Waals surface area contributed by atoms with E-state index < -0.39 is 11.4 Å². The maximum Gasteiger partial charge on any atom is 0.331 e. The minimum Gasteiger partial charge on any atom is -0.277 e. The minimum atomic E-state index is -0.960. The van der Waals surface area contributed by atoms with E-state index in [1.807, 2.05) is 11.8 Å². The standard InChI is InChI=1S/C15H22N2O3S/c1-2-21-11-7-5-6-10(11)17-13(19)15(8-3-4-9-15)12(18)16-14(17)20/h10-11H,2-9H2,1H3,(H,16,18,20). The molecule has 4 amide bonds. The molecule has 2 saturated carbocycles. The molecule has 1 heterocycles. The SMILES string of the molecule is CCSC1CCCC1N1C(=O)NC(=O)C2(CCCC2)C1=O. The van der Waals surface area contributed by atoms with E-state index in [4.69, 9.17) is 0 Å². The number of thioether (sulfide) groups is 1. The van der Waals surface area contributed by atoms with Crippen LogP contribution in [0.15, 0.2) is 0 Å². The number of hydrogen-bond donors (Lipinski definition) is 1. The Balaban J connectivity index is 1.88. The Kier molecular flexibility index (Phi) is 3.99. The van der Waals surface area contributed by atoms with Crippen molar-refractivity contribution >= 4 is 29.6 Å². The van der Waals surface area contributed by atoms with E-state index in [2.05, 4.69) is 12.2 Å². The smallest absolute Gasteiger partial charge is 0.277 e. The van der Waals surface area contributed by atoms with E-state index in [9.17, 15) is 14.4 Å². The van der Waals surface area contributed by atoms with Crippen LogP contribution in [-0.2, 0) is 9.59 Å². The number of hydrogen-bond acceptors (Lipinski definition) is 4. The molecule has 0 aromatic carbocycles. The number of carbonyl (C=O) groups excluding carboxylic acids is 3. The van der Waals surface area contributed by atoms with E-state index in [-0.39, 0.29) is 17.9 Å². The first-order valence-corrected chi connectivity index (χ1v) is 8.95. The molecule has 2 unspecified atom stereocenters. The summed E-state index contributed by atoms with van der Waals surface area (Å²) in [5.41, 5.74) is -0.960. The Morgan fingerprint density at radius 3 is 2.57 bits per heavy atom. The lowest BCUT2D eigenvalue weighted by Crippen LogP contribution is -2.66. The Morgan fingerprint density at radius 1 is 1.19 bits per heavy atom. The Labute approximate surface area is 129 Å². The van der Waals surface area contributed by atoms with E-state index in [0.717, 1.165) is 37.9 Å². The van der Waals surface area contributed by atoms with Gasteiger partial charge in [-0.3, -0.25) is 19.8 Å². The van der Waals surface area contributed by atoms with E-state index in [1.165, 1.54) is 4.90 Å². The third-order valence-electron chi connectivity index (χ3n) is 5.09. The third-order valence-corrected chi connectivity index (χ3v) is 6.40. The molecule has 1 N–H and O–H groups in total. The zero-order valence-corrected chi connectivity index (χ0v) is 13.2. The number of carbonyl (C=O) groups is 3. The topological polar surface area (TPSA) is 66.5 Å². The average molecular weight is 310 g/mol. The molecule has 21 heavy (non-hydrogen) atoms. The summed E-state index contributed by atoms with van der Waals surface area (Å²) in [5, 5.41) is 2.77. The van der Waals surface area contributed by atoms with Gasteiger partial charge in [-0.1, -0.05) is 26.2 Å².